The standard InChI is InChI=1S/C18H18N2OS/c21-17(11-12-5-4-10-22-12)19-16-9-3-7-14-13-6-1-2-8-15(13)20-18(14)16/h1-2,4-6,8,10,16,20H,3,7,9,11H2,(H,19,21)/t16-/m0/s1. The Morgan fingerprint density at radius 2 is 2.18 bits per heavy atom. The van der Waals surface area contributed by atoms with Gasteiger partial charge in [0, 0.05) is 21.5 Å². The molecule has 22 heavy (non-hydrogen) atoms. The van der Waals surface area contributed by atoms with Crippen LogP contribution < -0.4 is 5.32 Å². The molecule has 1 amide bonds. The van der Waals surface area contributed by atoms with Crippen LogP contribution in [0, 0.1) is 0 Å². The molecule has 1 atom stereocenters. The number of carbonyl (C=O) groups excluding carboxylic acids is 1. The Labute approximate surface area is 133 Å². The van der Waals surface area contributed by atoms with E-state index < -0.39 is 0 Å². The zero-order chi connectivity index (χ0) is 14.9. The Hall–Kier alpha value is -2.07. The van der Waals surface area contributed by atoms with Gasteiger partial charge in [0.1, 0.15) is 0 Å². The molecule has 1 aliphatic carbocycles. The van der Waals surface area contributed by atoms with Crippen molar-refractivity contribution in [3.63, 3.8) is 0 Å². The average molecular weight is 310 g/mol. The Bertz CT molecular complexity index is 804. The fourth-order valence-electron chi connectivity index (χ4n) is 3.38. The maximum Gasteiger partial charge on any atom is 0.225 e. The third-order valence-corrected chi connectivity index (χ3v) is 5.24. The lowest BCUT2D eigenvalue weighted by Gasteiger charge is -2.23. The molecule has 2 N–H and O–H groups in total. The number of hydrogen-bond donors (Lipinski definition) is 2. The Kier molecular flexibility index (Phi) is 3.47. The highest BCUT2D eigenvalue weighted by Crippen LogP contribution is 2.34. The summed E-state index contributed by atoms with van der Waals surface area (Å²) < 4.78 is 0. The van der Waals surface area contributed by atoms with Crippen LogP contribution in [0.4, 0.5) is 0 Å². The Morgan fingerprint density at radius 3 is 3.05 bits per heavy atom. The number of carbonyl (C=O) groups is 1. The number of aryl methyl sites for hydroxylation is 1. The second-order valence-electron chi connectivity index (χ2n) is 5.83. The minimum absolute atomic E-state index is 0.110. The molecule has 0 bridgehead atoms. The summed E-state index contributed by atoms with van der Waals surface area (Å²) in [4.78, 5) is 16.9. The summed E-state index contributed by atoms with van der Waals surface area (Å²) in [5.41, 5.74) is 3.75. The summed E-state index contributed by atoms with van der Waals surface area (Å²) >= 11 is 1.63. The van der Waals surface area contributed by atoms with E-state index in [1.807, 2.05) is 17.5 Å². The smallest absolute Gasteiger partial charge is 0.225 e. The van der Waals surface area contributed by atoms with Gasteiger partial charge in [0.25, 0.3) is 0 Å². The zero-order valence-corrected chi connectivity index (χ0v) is 13.1. The SMILES string of the molecule is O=C(Cc1cccs1)N[C@H]1CCCc2c1[nH]c1ccccc21. The fraction of sp³-hybridized carbons (Fsp3) is 0.278. The molecule has 1 aromatic carbocycles. The lowest BCUT2D eigenvalue weighted by molar-refractivity contribution is -0.121. The van der Waals surface area contributed by atoms with Gasteiger partial charge in [0.15, 0.2) is 0 Å². The van der Waals surface area contributed by atoms with Crippen LogP contribution in [0.2, 0.25) is 0 Å². The predicted molar refractivity (Wildman–Crippen MR) is 90.1 cm³/mol. The van der Waals surface area contributed by atoms with Crippen molar-refractivity contribution < 1.29 is 4.79 Å². The average Bonchev–Trinajstić information content (AvgIpc) is 3.15. The first-order valence-electron chi connectivity index (χ1n) is 7.72. The number of hydrogen-bond acceptors (Lipinski definition) is 2. The van der Waals surface area contributed by atoms with Gasteiger partial charge in [0.2, 0.25) is 5.91 Å². The zero-order valence-electron chi connectivity index (χ0n) is 12.3. The van der Waals surface area contributed by atoms with Crippen molar-refractivity contribution in [1.82, 2.24) is 10.3 Å². The number of para-hydroxylation sites is 1. The van der Waals surface area contributed by atoms with E-state index in [9.17, 15) is 4.79 Å². The predicted octanol–water partition coefficient (Wildman–Crippen LogP) is 3.97. The highest BCUT2D eigenvalue weighted by Gasteiger charge is 2.25. The molecule has 4 heteroatoms. The fourth-order valence-corrected chi connectivity index (χ4v) is 4.08. The topological polar surface area (TPSA) is 44.9 Å². The van der Waals surface area contributed by atoms with E-state index in [4.69, 9.17) is 0 Å². The highest BCUT2D eigenvalue weighted by atomic mass is 32.1. The number of fused-ring (bicyclic) bond motifs is 3. The van der Waals surface area contributed by atoms with Crippen LogP contribution >= 0.6 is 11.3 Å². The molecule has 0 fully saturated rings. The van der Waals surface area contributed by atoms with Gasteiger partial charge >= 0.3 is 0 Å². The molecular weight excluding hydrogens is 292 g/mol. The van der Waals surface area contributed by atoms with Gasteiger partial charge in [-0.1, -0.05) is 24.3 Å². The van der Waals surface area contributed by atoms with Crippen molar-refractivity contribution in [1.29, 1.82) is 0 Å². The molecule has 3 aromatic rings. The van der Waals surface area contributed by atoms with Gasteiger partial charge in [-0.3, -0.25) is 4.79 Å². The van der Waals surface area contributed by atoms with Crippen molar-refractivity contribution in [3.8, 4) is 0 Å². The van der Waals surface area contributed by atoms with Crippen molar-refractivity contribution in [2.24, 2.45) is 0 Å². The van der Waals surface area contributed by atoms with Crippen LogP contribution in [0.1, 0.15) is 35.0 Å². The van der Waals surface area contributed by atoms with Crippen molar-refractivity contribution >= 4 is 28.1 Å². The molecule has 0 unspecified atom stereocenters. The highest BCUT2D eigenvalue weighted by molar-refractivity contribution is 7.10. The largest absolute Gasteiger partial charge is 0.356 e. The third kappa shape index (κ3) is 2.44. The molecule has 2 aromatic heterocycles. The molecule has 0 saturated heterocycles. The molecule has 4 rings (SSSR count). The first-order chi connectivity index (χ1) is 10.8. The number of rotatable bonds is 3. The number of aromatic amines is 1. The molecular formula is C18H18N2OS. The van der Waals surface area contributed by atoms with Crippen LogP contribution in [0.5, 0.6) is 0 Å². The summed E-state index contributed by atoms with van der Waals surface area (Å²) in [6, 6.07) is 12.5. The minimum atomic E-state index is 0.110. The van der Waals surface area contributed by atoms with Crippen LogP contribution in [-0.4, -0.2) is 10.9 Å². The van der Waals surface area contributed by atoms with Gasteiger partial charge in [-0.15, -0.1) is 11.3 Å². The van der Waals surface area contributed by atoms with Crippen molar-refractivity contribution in [3.05, 3.63) is 57.9 Å². The van der Waals surface area contributed by atoms with Gasteiger partial charge in [-0.05, 0) is 42.3 Å². The first-order valence-corrected chi connectivity index (χ1v) is 8.60. The first kappa shape index (κ1) is 13.6. The van der Waals surface area contributed by atoms with E-state index in [1.54, 1.807) is 11.3 Å². The molecule has 112 valence electrons. The summed E-state index contributed by atoms with van der Waals surface area (Å²) in [7, 11) is 0. The lowest BCUT2D eigenvalue weighted by atomic mass is 9.91. The van der Waals surface area contributed by atoms with E-state index in [0.717, 1.165) is 24.1 Å². The van der Waals surface area contributed by atoms with Crippen LogP contribution in [0.3, 0.4) is 0 Å². The van der Waals surface area contributed by atoms with Crippen molar-refractivity contribution in [2.75, 3.05) is 0 Å². The van der Waals surface area contributed by atoms with Gasteiger partial charge in [-0.2, -0.15) is 0 Å². The quantitative estimate of drug-likeness (QED) is 0.755. The third-order valence-electron chi connectivity index (χ3n) is 4.36. The van der Waals surface area contributed by atoms with Crippen LogP contribution in [0.15, 0.2) is 41.8 Å². The molecule has 0 spiro atoms. The lowest BCUT2D eigenvalue weighted by Crippen LogP contribution is -2.32. The number of amides is 1. The van der Waals surface area contributed by atoms with E-state index in [2.05, 4.69) is 34.6 Å². The number of aromatic nitrogens is 1. The summed E-state index contributed by atoms with van der Waals surface area (Å²) in [5, 5.41) is 6.52. The normalized spacial score (nSPS) is 17.4. The molecule has 0 saturated carbocycles. The van der Waals surface area contributed by atoms with Crippen LogP contribution in [0.25, 0.3) is 10.9 Å². The van der Waals surface area contributed by atoms with E-state index in [-0.39, 0.29) is 11.9 Å². The molecule has 0 aliphatic heterocycles. The van der Waals surface area contributed by atoms with E-state index in [0.29, 0.717) is 6.42 Å². The summed E-state index contributed by atoms with van der Waals surface area (Å²) in [6.07, 6.45) is 3.70. The molecule has 1 aliphatic rings. The van der Waals surface area contributed by atoms with Crippen LogP contribution in [-0.2, 0) is 17.6 Å². The Morgan fingerprint density at radius 1 is 1.27 bits per heavy atom. The van der Waals surface area contributed by atoms with E-state index >= 15 is 0 Å². The van der Waals surface area contributed by atoms with Crippen molar-refractivity contribution in [2.45, 2.75) is 31.7 Å². The van der Waals surface area contributed by atoms with E-state index in [1.165, 1.54) is 22.2 Å². The maximum atomic E-state index is 12.3. The molecule has 0 radical (unpaired) electrons. The number of H-pyrrole nitrogens is 1. The molecule has 2 heterocycles. The van der Waals surface area contributed by atoms with Gasteiger partial charge in [-0.25, -0.2) is 0 Å². The number of thiophene rings is 1. The summed E-state index contributed by atoms with van der Waals surface area (Å²) in [6.45, 7) is 0. The Balaban J connectivity index is 1.58. The second kappa shape index (κ2) is 5.61. The summed E-state index contributed by atoms with van der Waals surface area (Å²) in [5.74, 6) is 0.110. The monoisotopic (exact) mass is 310 g/mol. The van der Waals surface area contributed by atoms with Gasteiger partial charge in [0.05, 0.1) is 12.5 Å². The maximum absolute atomic E-state index is 12.3. The minimum Gasteiger partial charge on any atom is -0.356 e. The second-order valence-corrected chi connectivity index (χ2v) is 6.86. The van der Waals surface area contributed by atoms with Gasteiger partial charge < -0.3 is 10.3 Å². The number of benzene rings is 1. The molecule has 3 nitrogen and oxygen atoms in total. The number of nitrogens with one attached hydrogen (secondary N) is 2.